The molecule has 27 heavy (non-hydrogen) atoms. The minimum absolute atomic E-state index is 0.347. The molecule has 0 atom stereocenters. The van der Waals surface area contributed by atoms with Crippen LogP contribution in [-0.4, -0.2) is 52.7 Å². The highest BCUT2D eigenvalue weighted by atomic mass is 16.5. The maximum absolute atomic E-state index is 5.16. The van der Waals surface area contributed by atoms with Crippen LogP contribution < -0.4 is 0 Å². The van der Waals surface area contributed by atoms with E-state index in [0.717, 1.165) is 61.1 Å². The van der Waals surface area contributed by atoms with Gasteiger partial charge in [0.1, 0.15) is 5.76 Å². The predicted octanol–water partition coefficient (Wildman–Crippen LogP) is 1.99. The van der Waals surface area contributed by atoms with Gasteiger partial charge in [0.05, 0.1) is 6.20 Å². The number of rotatable bonds is 4. The van der Waals surface area contributed by atoms with Gasteiger partial charge >= 0.3 is 0 Å². The van der Waals surface area contributed by atoms with E-state index in [2.05, 4.69) is 25.4 Å². The fraction of sp³-hybridized carbons (Fsp3) is 0.389. The fourth-order valence-corrected chi connectivity index (χ4v) is 3.64. The number of aryl methyl sites for hydroxylation is 1. The molecule has 0 saturated carbocycles. The number of hydrogen-bond donors (Lipinski definition) is 0. The van der Waals surface area contributed by atoms with Crippen LogP contribution in [-0.2, 0) is 6.54 Å². The monoisotopic (exact) mass is 364 g/mol. The Morgan fingerprint density at radius 1 is 1.19 bits per heavy atom. The van der Waals surface area contributed by atoms with Crippen molar-refractivity contribution in [3.63, 3.8) is 0 Å². The van der Waals surface area contributed by atoms with Gasteiger partial charge in [0, 0.05) is 30.4 Å². The molecule has 1 saturated heterocycles. The molecule has 4 aromatic heterocycles. The van der Waals surface area contributed by atoms with Gasteiger partial charge in [-0.2, -0.15) is 9.61 Å². The van der Waals surface area contributed by atoms with Gasteiger partial charge in [-0.15, -0.1) is 15.3 Å². The molecule has 0 aromatic carbocycles. The second-order valence-electron chi connectivity index (χ2n) is 6.93. The third kappa shape index (κ3) is 2.99. The Bertz CT molecular complexity index is 1040. The van der Waals surface area contributed by atoms with Gasteiger partial charge in [-0.3, -0.25) is 4.90 Å². The Labute approximate surface area is 155 Å². The minimum Gasteiger partial charge on any atom is -0.361 e. The summed E-state index contributed by atoms with van der Waals surface area (Å²) in [6.45, 7) is 4.84. The highest BCUT2D eigenvalue weighted by Crippen LogP contribution is 2.28. The van der Waals surface area contributed by atoms with Crippen LogP contribution in [0.15, 0.2) is 41.3 Å². The van der Waals surface area contributed by atoms with Gasteiger partial charge in [0.15, 0.2) is 17.3 Å². The Hall–Kier alpha value is -3.07. The third-order valence-corrected chi connectivity index (χ3v) is 5.21. The predicted molar refractivity (Wildman–Crippen MR) is 96.4 cm³/mol. The number of piperidine rings is 1. The van der Waals surface area contributed by atoms with Crippen molar-refractivity contribution in [2.45, 2.75) is 32.2 Å². The van der Waals surface area contributed by atoms with Crippen molar-refractivity contribution in [1.29, 1.82) is 0 Å². The number of likely N-dealkylation sites (tertiary alicyclic amines) is 1. The standard InChI is InChI=1S/C18H20N8O/c1-13-15(11-20-27-13)12-24-9-5-14(6-10-24)18-22-21-16-3-4-17(23-26(16)18)25-8-2-7-19-25/h2-4,7-8,11,14H,5-6,9-10,12H2,1H3. The molecule has 0 unspecified atom stereocenters. The Morgan fingerprint density at radius 2 is 2.07 bits per heavy atom. The van der Waals surface area contributed by atoms with Gasteiger partial charge in [0.25, 0.3) is 0 Å². The number of hydrogen-bond acceptors (Lipinski definition) is 7. The first-order valence-corrected chi connectivity index (χ1v) is 9.13. The van der Waals surface area contributed by atoms with Crippen LogP contribution >= 0.6 is 0 Å². The summed E-state index contributed by atoms with van der Waals surface area (Å²) in [5, 5.41) is 21.6. The number of nitrogens with zero attached hydrogens (tertiary/aromatic N) is 8. The number of fused-ring (bicyclic) bond motifs is 1. The van der Waals surface area contributed by atoms with E-state index in [0.29, 0.717) is 5.92 Å². The molecule has 4 aromatic rings. The smallest absolute Gasteiger partial charge is 0.178 e. The first kappa shape index (κ1) is 16.1. The highest BCUT2D eigenvalue weighted by molar-refractivity contribution is 5.39. The van der Waals surface area contributed by atoms with E-state index in [9.17, 15) is 0 Å². The minimum atomic E-state index is 0.347. The quantitative estimate of drug-likeness (QED) is 0.547. The molecule has 0 aliphatic carbocycles. The Kier molecular flexibility index (Phi) is 3.93. The number of aromatic nitrogens is 7. The van der Waals surface area contributed by atoms with Gasteiger partial charge in [-0.25, -0.2) is 4.68 Å². The van der Waals surface area contributed by atoms with Crippen LogP contribution in [0.25, 0.3) is 11.5 Å². The average Bonchev–Trinajstić information content (AvgIpc) is 3.44. The molecule has 138 valence electrons. The molecule has 0 radical (unpaired) electrons. The van der Waals surface area contributed by atoms with Crippen LogP contribution in [0.3, 0.4) is 0 Å². The van der Waals surface area contributed by atoms with Crippen LogP contribution in [0.2, 0.25) is 0 Å². The molecule has 0 N–H and O–H groups in total. The molecule has 1 aliphatic heterocycles. The summed E-state index contributed by atoms with van der Waals surface area (Å²) in [6, 6.07) is 5.72. The van der Waals surface area contributed by atoms with E-state index < -0.39 is 0 Å². The molecule has 9 nitrogen and oxygen atoms in total. The van der Waals surface area contributed by atoms with Crippen molar-refractivity contribution in [2.75, 3.05) is 13.1 Å². The lowest BCUT2D eigenvalue weighted by Crippen LogP contribution is -2.33. The lowest BCUT2D eigenvalue weighted by Gasteiger charge is -2.30. The van der Waals surface area contributed by atoms with E-state index in [4.69, 9.17) is 9.62 Å². The van der Waals surface area contributed by atoms with Crippen molar-refractivity contribution >= 4 is 5.65 Å². The Balaban J connectivity index is 1.34. The summed E-state index contributed by atoms with van der Waals surface area (Å²) in [4.78, 5) is 2.43. The largest absolute Gasteiger partial charge is 0.361 e. The van der Waals surface area contributed by atoms with E-state index in [1.165, 1.54) is 0 Å². The van der Waals surface area contributed by atoms with E-state index >= 15 is 0 Å². The maximum Gasteiger partial charge on any atom is 0.178 e. The molecule has 1 fully saturated rings. The zero-order valence-electron chi connectivity index (χ0n) is 15.1. The second kappa shape index (κ2) is 6.58. The van der Waals surface area contributed by atoms with E-state index in [1.807, 2.05) is 42.0 Å². The zero-order chi connectivity index (χ0) is 18.2. The zero-order valence-corrected chi connectivity index (χ0v) is 15.1. The summed E-state index contributed by atoms with van der Waals surface area (Å²) in [7, 11) is 0. The van der Waals surface area contributed by atoms with Crippen molar-refractivity contribution < 1.29 is 4.52 Å². The van der Waals surface area contributed by atoms with Crippen LogP contribution in [0, 0.1) is 6.92 Å². The SMILES string of the molecule is Cc1oncc1CN1CCC(c2nnc3ccc(-n4cccn4)nn23)CC1. The van der Waals surface area contributed by atoms with Crippen molar-refractivity contribution in [1.82, 2.24) is 39.6 Å². The first-order chi connectivity index (χ1) is 13.3. The highest BCUT2D eigenvalue weighted by Gasteiger charge is 2.26. The van der Waals surface area contributed by atoms with Gasteiger partial charge in [-0.1, -0.05) is 5.16 Å². The van der Waals surface area contributed by atoms with Crippen LogP contribution in [0.4, 0.5) is 0 Å². The molecule has 0 bridgehead atoms. The topological polar surface area (TPSA) is 90.2 Å². The summed E-state index contributed by atoms with van der Waals surface area (Å²) in [6.07, 6.45) is 7.49. The molecular formula is C18H20N8O. The van der Waals surface area contributed by atoms with E-state index in [-0.39, 0.29) is 0 Å². The molecule has 9 heteroatoms. The lowest BCUT2D eigenvalue weighted by atomic mass is 9.96. The van der Waals surface area contributed by atoms with Crippen molar-refractivity contribution in [2.24, 2.45) is 0 Å². The average molecular weight is 364 g/mol. The van der Waals surface area contributed by atoms with E-state index in [1.54, 1.807) is 10.9 Å². The van der Waals surface area contributed by atoms with Gasteiger partial charge < -0.3 is 4.52 Å². The summed E-state index contributed by atoms with van der Waals surface area (Å²) >= 11 is 0. The fourth-order valence-electron chi connectivity index (χ4n) is 3.64. The summed E-state index contributed by atoms with van der Waals surface area (Å²) in [5.74, 6) is 2.94. The van der Waals surface area contributed by atoms with Crippen molar-refractivity contribution in [3.8, 4) is 5.82 Å². The third-order valence-electron chi connectivity index (χ3n) is 5.21. The summed E-state index contributed by atoms with van der Waals surface area (Å²) < 4.78 is 8.77. The molecule has 5 rings (SSSR count). The second-order valence-corrected chi connectivity index (χ2v) is 6.93. The maximum atomic E-state index is 5.16. The van der Waals surface area contributed by atoms with Gasteiger partial charge in [0.2, 0.25) is 0 Å². The van der Waals surface area contributed by atoms with Gasteiger partial charge in [-0.05, 0) is 51.1 Å². The normalized spacial score (nSPS) is 16.3. The Morgan fingerprint density at radius 3 is 2.81 bits per heavy atom. The van der Waals surface area contributed by atoms with Crippen molar-refractivity contribution in [3.05, 3.63) is 53.9 Å². The molecule has 0 amide bonds. The molecule has 1 aliphatic rings. The first-order valence-electron chi connectivity index (χ1n) is 9.13. The lowest BCUT2D eigenvalue weighted by molar-refractivity contribution is 0.200. The molecular weight excluding hydrogens is 344 g/mol. The summed E-state index contributed by atoms with van der Waals surface area (Å²) in [5.41, 5.74) is 1.93. The molecule has 0 spiro atoms. The molecule has 5 heterocycles. The van der Waals surface area contributed by atoms with Crippen LogP contribution in [0.1, 0.15) is 35.9 Å². The van der Waals surface area contributed by atoms with Crippen LogP contribution in [0.5, 0.6) is 0 Å².